The Balaban J connectivity index is 2.18. The number of nitrogens with one attached hydrogen (secondary N) is 1. The van der Waals surface area contributed by atoms with Gasteiger partial charge >= 0.3 is 0 Å². The van der Waals surface area contributed by atoms with E-state index in [4.69, 9.17) is 9.47 Å². The first-order valence-electron chi connectivity index (χ1n) is 5.94. The van der Waals surface area contributed by atoms with Gasteiger partial charge in [-0.15, -0.1) is 11.3 Å². The molecule has 0 aliphatic heterocycles. The monoisotopic (exact) mass is 368 g/mol. The number of methoxy groups -OCH3 is 2. The topological polar surface area (TPSA) is 59.9 Å². The van der Waals surface area contributed by atoms with E-state index in [1.165, 1.54) is 17.6 Å². The van der Waals surface area contributed by atoms with Crippen molar-refractivity contribution in [2.45, 2.75) is 0 Å². The molecule has 1 amide bonds. The van der Waals surface area contributed by atoms with Gasteiger partial charge in [-0.1, -0.05) is 6.07 Å². The number of carbonyl (C=O) groups is 1. The highest BCUT2D eigenvalue weighted by Gasteiger charge is 2.11. The number of nitrogens with zero attached hydrogens (tertiary/aromatic N) is 1. The molecule has 21 heavy (non-hydrogen) atoms. The molecule has 5 nitrogen and oxygen atoms in total. The first-order chi connectivity index (χ1) is 10.2. The fourth-order valence-corrected chi connectivity index (χ4v) is 2.83. The second-order valence-corrected chi connectivity index (χ2v) is 5.61. The minimum absolute atomic E-state index is 0.251. The van der Waals surface area contributed by atoms with Crippen LogP contribution in [0.15, 0.2) is 39.2 Å². The Bertz CT molecular complexity index is 656. The summed E-state index contributed by atoms with van der Waals surface area (Å²) >= 11 is 4.79. The quantitative estimate of drug-likeness (QED) is 0.650. The molecule has 1 N–H and O–H groups in total. The Kier molecular flexibility index (Phi) is 5.35. The fraction of sp³-hybridized carbons (Fsp3) is 0.143. The molecule has 0 unspecified atom stereocenters. The van der Waals surface area contributed by atoms with Gasteiger partial charge in [0.2, 0.25) is 0 Å². The van der Waals surface area contributed by atoms with Crippen LogP contribution in [0.3, 0.4) is 0 Å². The number of ether oxygens (including phenoxy) is 2. The SMILES string of the molecule is COc1ccc(OC)c(C=NNC(=O)c2cccs2)c1Br. The third kappa shape index (κ3) is 3.62. The molecule has 1 heterocycles. The maximum Gasteiger partial charge on any atom is 0.281 e. The van der Waals surface area contributed by atoms with Gasteiger partial charge in [-0.2, -0.15) is 5.10 Å². The maximum absolute atomic E-state index is 11.8. The summed E-state index contributed by atoms with van der Waals surface area (Å²) in [5.74, 6) is 1.03. The summed E-state index contributed by atoms with van der Waals surface area (Å²) in [6.07, 6.45) is 1.51. The molecule has 2 aromatic rings. The van der Waals surface area contributed by atoms with Crippen molar-refractivity contribution in [2.75, 3.05) is 14.2 Å². The van der Waals surface area contributed by atoms with E-state index < -0.39 is 0 Å². The van der Waals surface area contributed by atoms with Crippen LogP contribution in [-0.4, -0.2) is 26.3 Å². The van der Waals surface area contributed by atoms with Gasteiger partial charge in [-0.05, 0) is 39.5 Å². The van der Waals surface area contributed by atoms with Crippen molar-refractivity contribution >= 4 is 39.4 Å². The van der Waals surface area contributed by atoms with Gasteiger partial charge in [-0.25, -0.2) is 5.43 Å². The Morgan fingerprint density at radius 1 is 1.29 bits per heavy atom. The van der Waals surface area contributed by atoms with E-state index in [0.29, 0.717) is 26.4 Å². The minimum atomic E-state index is -0.251. The van der Waals surface area contributed by atoms with E-state index in [2.05, 4.69) is 26.5 Å². The molecule has 0 radical (unpaired) electrons. The van der Waals surface area contributed by atoms with Crippen LogP contribution in [0.5, 0.6) is 11.5 Å². The average molecular weight is 369 g/mol. The molecule has 1 aromatic carbocycles. The van der Waals surface area contributed by atoms with Gasteiger partial charge in [0.15, 0.2) is 0 Å². The van der Waals surface area contributed by atoms with Crippen LogP contribution in [-0.2, 0) is 0 Å². The first-order valence-corrected chi connectivity index (χ1v) is 7.62. The van der Waals surface area contributed by atoms with Crippen molar-refractivity contribution in [1.82, 2.24) is 5.43 Å². The molecular formula is C14H13BrN2O3S. The molecule has 110 valence electrons. The van der Waals surface area contributed by atoms with Crippen molar-refractivity contribution in [3.63, 3.8) is 0 Å². The van der Waals surface area contributed by atoms with E-state index in [1.807, 2.05) is 11.4 Å². The van der Waals surface area contributed by atoms with E-state index >= 15 is 0 Å². The number of benzene rings is 1. The molecule has 2 rings (SSSR count). The summed E-state index contributed by atoms with van der Waals surface area (Å²) in [6, 6.07) is 7.10. The fourth-order valence-electron chi connectivity index (χ4n) is 1.63. The van der Waals surface area contributed by atoms with Crippen molar-refractivity contribution in [3.8, 4) is 11.5 Å². The largest absolute Gasteiger partial charge is 0.496 e. The van der Waals surface area contributed by atoms with Crippen LogP contribution in [0.2, 0.25) is 0 Å². The van der Waals surface area contributed by atoms with Crippen molar-refractivity contribution < 1.29 is 14.3 Å². The van der Waals surface area contributed by atoms with Gasteiger partial charge < -0.3 is 9.47 Å². The van der Waals surface area contributed by atoms with E-state index in [1.54, 1.807) is 32.4 Å². The smallest absolute Gasteiger partial charge is 0.281 e. The first kappa shape index (κ1) is 15.5. The number of hydrogen-bond acceptors (Lipinski definition) is 5. The van der Waals surface area contributed by atoms with Crippen LogP contribution in [0.25, 0.3) is 0 Å². The Morgan fingerprint density at radius 2 is 2.00 bits per heavy atom. The summed E-state index contributed by atoms with van der Waals surface area (Å²) in [6.45, 7) is 0. The number of amides is 1. The second kappa shape index (κ2) is 7.24. The zero-order chi connectivity index (χ0) is 15.2. The number of carbonyl (C=O) groups excluding carboxylic acids is 1. The Hall–Kier alpha value is -1.86. The van der Waals surface area contributed by atoms with Crippen molar-refractivity contribution in [1.29, 1.82) is 0 Å². The van der Waals surface area contributed by atoms with Crippen LogP contribution >= 0.6 is 27.3 Å². The van der Waals surface area contributed by atoms with Gasteiger partial charge in [-0.3, -0.25) is 4.79 Å². The number of rotatable bonds is 5. The van der Waals surface area contributed by atoms with Crippen molar-refractivity contribution in [2.24, 2.45) is 5.10 Å². The molecule has 7 heteroatoms. The lowest BCUT2D eigenvalue weighted by atomic mass is 10.2. The normalized spacial score (nSPS) is 10.6. The van der Waals surface area contributed by atoms with Gasteiger partial charge in [0.25, 0.3) is 5.91 Å². The molecule has 0 spiro atoms. The predicted octanol–water partition coefficient (Wildman–Crippen LogP) is 3.29. The Labute approximate surface area is 134 Å². The highest BCUT2D eigenvalue weighted by Crippen LogP contribution is 2.33. The van der Waals surface area contributed by atoms with Crippen LogP contribution < -0.4 is 14.9 Å². The lowest BCUT2D eigenvalue weighted by molar-refractivity contribution is 0.0959. The molecule has 0 bridgehead atoms. The minimum Gasteiger partial charge on any atom is -0.496 e. The highest BCUT2D eigenvalue weighted by atomic mass is 79.9. The van der Waals surface area contributed by atoms with E-state index in [-0.39, 0.29) is 5.91 Å². The number of hydrogen-bond donors (Lipinski definition) is 1. The number of thiophene rings is 1. The zero-order valence-corrected chi connectivity index (χ0v) is 13.8. The molecular weight excluding hydrogens is 356 g/mol. The molecule has 0 saturated carbocycles. The molecule has 0 fully saturated rings. The molecule has 1 aromatic heterocycles. The lowest BCUT2D eigenvalue weighted by Crippen LogP contribution is -2.16. The zero-order valence-electron chi connectivity index (χ0n) is 11.4. The van der Waals surface area contributed by atoms with Crippen LogP contribution in [0.1, 0.15) is 15.2 Å². The Morgan fingerprint density at radius 3 is 2.62 bits per heavy atom. The second-order valence-electron chi connectivity index (χ2n) is 3.87. The third-order valence-corrected chi connectivity index (χ3v) is 4.34. The van der Waals surface area contributed by atoms with Gasteiger partial charge in [0.1, 0.15) is 11.5 Å². The lowest BCUT2D eigenvalue weighted by Gasteiger charge is -2.10. The number of hydrazone groups is 1. The third-order valence-electron chi connectivity index (χ3n) is 2.65. The van der Waals surface area contributed by atoms with Crippen LogP contribution in [0.4, 0.5) is 0 Å². The maximum atomic E-state index is 11.8. The summed E-state index contributed by atoms with van der Waals surface area (Å²) in [7, 11) is 3.14. The van der Waals surface area contributed by atoms with Gasteiger partial charge in [0.05, 0.1) is 35.3 Å². The van der Waals surface area contributed by atoms with Gasteiger partial charge in [0, 0.05) is 0 Å². The molecule has 0 saturated heterocycles. The van der Waals surface area contributed by atoms with E-state index in [0.717, 1.165) is 0 Å². The standard InChI is InChI=1S/C14H13BrN2O3S/c1-19-10-5-6-11(20-2)13(15)9(10)8-16-17-14(18)12-4-3-7-21-12/h3-8H,1-2H3,(H,17,18). The summed E-state index contributed by atoms with van der Waals surface area (Å²) in [4.78, 5) is 12.4. The average Bonchev–Trinajstić information content (AvgIpc) is 3.03. The molecule has 0 aliphatic rings. The van der Waals surface area contributed by atoms with Crippen LogP contribution in [0, 0.1) is 0 Å². The van der Waals surface area contributed by atoms with Crippen molar-refractivity contribution in [3.05, 3.63) is 44.6 Å². The number of halogens is 1. The summed E-state index contributed by atoms with van der Waals surface area (Å²) in [5, 5.41) is 5.79. The van der Waals surface area contributed by atoms with E-state index in [9.17, 15) is 4.79 Å². The highest BCUT2D eigenvalue weighted by molar-refractivity contribution is 9.10. The summed E-state index contributed by atoms with van der Waals surface area (Å²) in [5.41, 5.74) is 3.16. The molecule has 0 aliphatic carbocycles. The predicted molar refractivity (Wildman–Crippen MR) is 86.6 cm³/mol. The molecule has 0 atom stereocenters. The summed E-state index contributed by atoms with van der Waals surface area (Å²) < 4.78 is 11.2.